The van der Waals surface area contributed by atoms with Gasteiger partial charge >= 0.3 is 5.97 Å². The van der Waals surface area contributed by atoms with Crippen LogP contribution < -0.4 is 4.72 Å². The average Bonchev–Trinajstić information content (AvgIpc) is 2.82. The highest BCUT2D eigenvalue weighted by Crippen LogP contribution is 2.19. The van der Waals surface area contributed by atoms with Crippen LogP contribution in [0.3, 0.4) is 0 Å². The van der Waals surface area contributed by atoms with Gasteiger partial charge in [-0.1, -0.05) is 6.92 Å². The van der Waals surface area contributed by atoms with E-state index in [0.717, 1.165) is 6.07 Å². The smallest absolute Gasteiger partial charge is 0.352 e. The molecule has 20 heavy (non-hydrogen) atoms. The quantitative estimate of drug-likeness (QED) is 0.691. The van der Waals surface area contributed by atoms with Crippen molar-refractivity contribution in [2.75, 3.05) is 6.54 Å². The van der Waals surface area contributed by atoms with Crippen LogP contribution >= 0.6 is 0 Å². The normalized spacial score (nSPS) is 13.7. The molecule has 0 aliphatic carbocycles. The number of aliphatic hydroxyl groups excluding tert-OH is 1. The molecule has 0 aliphatic heterocycles. The van der Waals surface area contributed by atoms with Gasteiger partial charge in [0.15, 0.2) is 0 Å². The molecule has 1 unspecified atom stereocenters. The van der Waals surface area contributed by atoms with Crippen LogP contribution in [0.5, 0.6) is 0 Å². The molecule has 1 heterocycles. The molecule has 114 valence electrons. The second-order valence-corrected chi connectivity index (χ2v) is 6.55. The molecule has 3 N–H and O–H groups in total. The number of aromatic carboxylic acids is 1. The highest BCUT2D eigenvalue weighted by Gasteiger charge is 2.22. The van der Waals surface area contributed by atoms with Crippen LogP contribution in [0.1, 0.15) is 43.7 Å². The summed E-state index contributed by atoms with van der Waals surface area (Å²) in [6, 6.07) is 0.939. The average molecular weight is 304 g/mol. The van der Waals surface area contributed by atoms with Crippen LogP contribution in [-0.4, -0.2) is 41.8 Å². The van der Waals surface area contributed by atoms with Crippen LogP contribution in [-0.2, 0) is 10.0 Å². The highest BCUT2D eigenvalue weighted by atomic mass is 32.2. The Morgan fingerprint density at radius 3 is 2.45 bits per heavy atom. The Labute approximate surface area is 118 Å². The molecule has 0 fully saturated rings. The summed E-state index contributed by atoms with van der Waals surface area (Å²) in [5.41, 5.74) is -0.0867. The van der Waals surface area contributed by atoms with Gasteiger partial charge in [0.1, 0.15) is 10.6 Å². The second-order valence-electron chi connectivity index (χ2n) is 4.78. The van der Waals surface area contributed by atoms with E-state index in [1.807, 2.05) is 0 Å². The van der Waals surface area contributed by atoms with Crippen molar-refractivity contribution in [3.05, 3.63) is 18.0 Å². The minimum atomic E-state index is -3.83. The van der Waals surface area contributed by atoms with Crippen molar-refractivity contribution in [3.63, 3.8) is 0 Å². The minimum Gasteiger partial charge on any atom is -0.477 e. The first-order valence-corrected chi connectivity index (χ1v) is 7.80. The monoisotopic (exact) mass is 304 g/mol. The van der Waals surface area contributed by atoms with Crippen LogP contribution in [0.4, 0.5) is 0 Å². The van der Waals surface area contributed by atoms with Gasteiger partial charge in [-0.05, 0) is 26.3 Å². The van der Waals surface area contributed by atoms with Crippen molar-refractivity contribution in [3.8, 4) is 0 Å². The molecule has 8 heteroatoms. The summed E-state index contributed by atoms with van der Waals surface area (Å²) in [6.07, 6.45) is 0.945. The standard InChI is InChI=1S/C12H20N2O5S/c1-4-9(15)6-13-20(18,19)10-5-11(12(16)17)14(7-10)8(2)3/h5,7-9,13,15H,4,6H2,1-3H3,(H,16,17). The number of carboxylic acids is 1. The molecule has 1 aromatic rings. The minimum absolute atomic E-state index is 0.0867. The van der Waals surface area contributed by atoms with Gasteiger partial charge in [0.25, 0.3) is 0 Å². The molecular weight excluding hydrogens is 284 g/mol. The first-order chi connectivity index (χ1) is 9.19. The number of aliphatic hydroxyl groups is 1. The van der Waals surface area contributed by atoms with Crippen LogP contribution in [0.25, 0.3) is 0 Å². The molecule has 0 spiro atoms. The number of hydrogen-bond donors (Lipinski definition) is 3. The first kappa shape index (κ1) is 16.7. The molecule has 1 aromatic heterocycles. The van der Waals surface area contributed by atoms with Gasteiger partial charge in [0.2, 0.25) is 10.0 Å². The fraction of sp³-hybridized carbons (Fsp3) is 0.583. The van der Waals surface area contributed by atoms with Crippen molar-refractivity contribution >= 4 is 16.0 Å². The molecule has 0 bridgehead atoms. The van der Waals surface area contributed by atoms with Crippen LogP contribution in [0, 0.1) is 0 Å². The van der Waals surface area contributed by atoms with Gasteiger partial charge in [-0.2, -0.15) is 0 Å². The van der Waals surface area contributed by atoms with Gasteiger partial charge in [-0.15, -0.1) is 0 Å². The lowest BCUT2D eigenvalue weighted by molar-refractivity contribution is 0.0683. The maximum absolute atomic E-state index is 12.0. The summed E-state index contributed by atoms with van der Waals surface area (Å²) in [7, 11) is -3.83. The van der Waals surface area contributed by atoms with Crippen LogP contribution in [0.2, 0.25) is 0 Å². The molecule has 0 aliphatic rings. The van der Waals surface area contributed by atoms with E-state index >= 15 is 0 Å². The molecule has 7 nitrogen and oxygen atoms in total. The summed E-state index contributed by atoms with van der Waals surface area (Å²) < 4.78 is 27.7. The number of hydrogen-bond acceptors (Lipinski definition) is 4. The van der Waals surface area contributed by atoms with E-state index in [1.165, 1.54) is 10.8 Å². The Kier molecular flexibility index (Phi) is 5.32. The van der Waals surface area contributed by atoms with E-state index in [2.05, 4.69) is 4.72 Å². The van der Waals surface area contributed by atoms with Gasteiger partial charge in [-0.25, -0.2) is 17.9 Å². The number of sulfonamides is 1. The highest BCUT2D eigenvalue weighted by molar-refractivity contribution is 7.89. The third-order valence-electron chi connectivity index (χ3n) is 2.89. The Hall–Kier alpha value is -1.38. The largest absolute Gasteiger partial charge is 0.477 e. The Morgan fingerprint density at radius 2 is 2.05 bits per heavy atom. The summed E-state index contributed by atoms with van der Waals surface area (Å²) in [5.74, 6) is -1.19. The van der Waals surface area contributed by atoms with Gasteiger partial charge in [0, 0.05) is 18.8 Å². The maximum Gasteiger partial charge on any atom is 0.352 e. The fourth-order valence-corrected chi connectivity index (χ4v) is 2.73. The van der Waals surface area contributed by atoms with Crippen LogP contribution in [0.15, 0.2) is 17.2 Å². The number of carboxylic acid groups (broad SMARTS) is 1. The lowest BCUT2D eigenvalue weighted by atomic mass is 10.3. The topological polar surface area (TPSA) is 109 Å². The zero-order valence-electron chi connectivity index (χ0n) is 11.7. The number of carbonyl (C=O) groups is 1. The van der Waals surface area contributed by atoms with E-state index in [4.69, 9.17) is 5.11 Å². The molecule has 1 atom stereocenters. The fourth-order valence-electron chi connectivity index (χ4n) is 1.63. The van der Waals surface area contributed by atoms with E-state index in [-0.39, 0.29) is 23.2 Å². The second kappa shape index (κ2) is 6.38. The zero-order chi connectivity index (χ0) is 15.5. The molecule has 0 aromatic carbocycles. The van der Waals surface area contributed by atoms with Crippen molar-refractivity contribution < 1.29 is 23.4 Å². The van der Waals surface area contributed by atoms with Crippen molar-refractivity contribution in [1.29, 1.82) is 0 Å². The van der Waals surface area contributed by atoms with Crippen molar-refractivity contribution in [1.82, 2.24) is 9.29 Å². The first-order valence-electron chi connectivity index (χ1n) is 6.32. The third-order valence-corrected chi connectivity index (χ3v) is 4.28. The predicted octanol–water partition coefficient (Wildman–Crippen LogP) is 0.816. The lowest BCUT2D eigenvalue weighted by Crippen LogP contribution is -2.31. The van der Waals surface area contributed by atoms with E-state index < -0.39 is 22.1 Å². The summed E-state index contributed by atoms with van der Waals surface area (Å²) in [6.45, 7) is 5.15. The lowest BCUT2D eigenvalue weighted by Gasteiger charge is -2.10. The van der Waals surface area contributed by atoms with Gasteiger partial charge < -0.3 is 14.8 Å². The number of nitrogens with one attached hydrogen (secondary N) is 1. The molecular formula is C12H20N2O5S. The summed E-state index contributed by atoms with van der Waals surface area (Å²) in [4.78, 5) is 11.0. The van der Waals surface area contributed by atoms with E-state index in [9.17, 15) is 18.3 Å². The Bertz CT molecular complexity index is 577. The van der Waals surface area contributed by atoms with Gasteiger partial charge in [-0.3, -0.25) is 0 Å². The number of nitrogens with zero attached hydrogens (tertiary/aromatic N) is 1. The predicted molar refractivity (Wildman–Crippen MR) is 73.3 cm³/mol. The van der Waals surface area contributed by atoms with Gasteiger partial charge in [0.05, 0.1) is 6.10 Å². The maximum atomic E-state index is 12.0. The summed E-state index contributed by atoms with van der Waals surface area (Å²) >= 11 is 0. The SMILES string of the molecule is CCC(O)CNS(=O)(=O)c1cc(C(=O)O)n(C(C)C)c1. The van der Waals surface area contributed by atoms with E-state index in [0.29, 0.717) is 6.42 Å². The zero-order valence-corrected chi connectivity index (χ0v) is 12.5. The molecule has 0 amide bonds. The Balaban J connectivity index is 3.07. The molecule has 0 radical (unpaired) electrons. The number of rotatable bonds is 7. The molecule has 1 rings (SSSR count). The Morgan fingerprint density at radius 1 is 1.45 bits per heavy atom. The van der Waals surface area contributed by atoms with Crippen molar-refractivity contribution in [2.24, 2.45) is 0 Å². The summed E-state index contributed by atoms with van der Waals surface area (Å²) in [5, 5.41) is 18.5. The molecule has 0 saturated carbocycles. The van der Waals surface area contributed by atoms with Crippen molar-refractivity contribution in [2.45, 2.75) is 44.2 Å². The molecule has 0 saturated heterocycles. The number of aromatic nitrogens is 1. The third kappa shape index (κ3) is 3.81. The van der Waals surface area contributed by atoms with E-state index in [1.54, 1.807) is 20.8 Å².